The Morgan fingerprint density at radius 3 is 2.54 bits per heavy atom. The van der Waals surface area contributed by atoms with Gasteiger partial charge in [-0.3, -0.25) is 4.68 Å². The van der Waals surface area contributed by atoms with E-state index in [2.05, 4.69) is 41.3 Å². The normalized spacial score (nSPS) is 12.5. The first-order valence-electron chi connectivity index (χ1n) is 9.23. The highest BCUT2D eigenvalue weighted by Gasteiger charge is 2.22. The monoisotopic (exact) mass is 361 g/mol. The van der Waals surface area contributed by atoms with Crippen molar-refractivity contribution in [3.63, 3.8) is 0 Å². The first-order valence-corrected chi connectivity index (χ1v) is 9.23. The SMILES string of the molecule is CC[C@H](NC(=O)N(C)Cc1c(C)nn(C(C)C)c1C)c1ncnn1CC. The molecule has 0 aromatic carbocycles. The second kappa shape index (κ2) is 8.33. The fourth-order valence-electron chi connectivity index (χ4n) is 3.13. The lowest BCUT2D eigenvalue weighted by Crippen LogP contribution is -2.39. The van der Waals surface area contributed by atoms with Gasteiger partial charge in [-0.15, -0.1) is 0 Å². The van der Waals surface area contributed by atoms with E-state index in [0.717, 1.165) is 35.7 Å². The number of carbonyl (C=O) groups is 1. The Labute approximate surface area is 155 Å². The maximum Gasteiger partial charge on any atom is 0.318 e. The summed E-state index contributed by atoms with van der Waals surface area (Å²) in [7, 11) is 1.80. The Bertz CT molecular complexity index is 747. The van der Waals surface area contributed by atoms with Gasteiger partial charge in [-0.1, -0.05) is 6.92 Å². The molecule has 0 bridgehead atoms. The number of aryl methyl sites for hydroxylation is 2. The highest BCUT2D eigenvalue weighted by atomic mass is 16.2. The van der Waals surface area contributed by atoms with Crippen LogP contribution in [0.4, 0.5) is 4.79 Å². The molecule has 1 atom stereocenters. The molecule has 144 valence electrons. The molecule has 0 aliphatic carbocycles. The number of carbonyl (C=O) groups excluding carboxylic acids is 1. The zero-order chi connectivity index (χ0) is 19.4. The quantitative estimate of drug-likeness (QED) is 0.822. The lowest BCUT2D eigenvalue weighted by molar-refractivity contribution is 0.201. The molecule has 0 fully saturated rings. The lowest BCUT2D eigenvalue weighted by atomic mass is 10.2. The molecule has 8 nitrogen and oxygen atoms in total. The molecule has 0 saturated heterocycles. The molecule has 0 spiro atoms. The van der Waals surface area contributed by atoms with Crippen molar-refractivity contribution in [1.29, 1.82) is 0 Å². The number of nitrogens with zero attached hydrogens (tertiary/aromatic N) is 6. The number of urea groups is 1. The van der Waals surface area contributed by atoms with E-state index in [0.29, 0.717) is 12.6 Å². The van der Waals surface area contributed by atoms with E-state index in [9.17, 15) is 4.79 Å². The third-order valence-electron chi connectivity index (χ3n) is 4.67. The van der Waals surface area contributed by atoms with Gasteiger partial charge < -0.3 is 10.2 Å². The topological polar surface area (TPSA) is 80.9 Å². The number of rotatable bonds is 7. The van der Waals surface area contributed by atoms with Gasteiger partial charge in [0.2, 0.25) is 0 Å². The summed E-state index contributed by atoms with van der Waals surface area (Å²) >= 11 is 0. The number of aromatic nitrogens is 5. The molecule has 8 heteroatoms. The predicted octanol–water partition coefficient (Wildman–Crippen LogP) is 2.98. The Morgan fingerprint density at radius 1 is 1.31 bits per heavy atom. The van der Waals surface area contributed by atoms with Crippen molar-refractivity contribution in [2.75, 3.05) is 7.05 Å². The third-order valence-corrected chi connectivity index (χ3v) is 4.67. The van der Waals surface area contributed by atoms with E-state index in [4.69, 9.17) is 0 Å². The van der Waals surface area contributed by atoms with E-state index >= 15 is 0 Å². The molecule has 0 aliphatic rings. The zero-order valence-electron chi connectivity index (χ0n) is 16.9. The molecule has 0 radical (unpaired) electrons. The van der Waals surface area contributed by atoms with E-state index in [-0.39, 0.29) is 12.1 Å². The van der Waals surface area contributed by atoms with E-state index in [1.807, 2.05) is 30.1 Å². The van der Waals surface area contributed by atoms with Crippen molar-refractivity contribution in [3.05, 3.63) is 29.1 Å². The van der Waals surface area contributed by atoms with Gasteiger partial charge in [0.05, 0.1) is 18.3 Å². The summed E-state index contributed by atoms with van der Waals surface area (Å²) in [6.45, 7) is 13.5. The van der Waals surface area contributed by atoms with Crippen LogP contribution in [0.1, 0.15) is 69.0 Å². The van der Waals surface area contributed by atoms with Gasteiger partial charge in [0.25, 0.3) is 0 Å². The Kier molecular flexibility index (Phi) is 6.39. The van der Waals surface area contributed by atoms with Crippen LogP contribution < -0.4 is 5.32 Å². The number of nitrogens with one attached hydrogen (secondary N) is 1. The first kappa shape index (κ1) is 19.9. The van der Waals surface area contributed by atoms with Crippen molar-refractivity contribution in [3.8, 4) is 0 Å². The van der Waals surface area contributed by atoms with Gasteiger partial charge in [0, 0.05) is 30.9 Å². The second-order valence-electron chi connectivity index (χ2n) is 6.89. The number of hydrogen-bond acceptors (Lipinski definition) is 4. The van der Waals surface area contributed by atoms with Crippen LogP contribution in [-0.4, -0.2) is 42.5 Å². The third kappa shape index (κ3) is 4.05. The molecular weight excluding hydrogens is 330 g/mol. The standard InChI is InChI=1S/C18H31N7O/c1-8-16(17-19-11-20-24(17)9-2)21-18(26)23(7)10-15-13(5)22-25(12(3)4)14(15)6/h11-12,16H,8-10H2,1-7H3,(H,21,26)/t16-/m0/s1. The van der Waals surface area contributed by atoms with Gasteiger partial charge in [-0.25, -0.2) is 14.5 Å². The molecule has 26 heavy (non-hydrogen) atoms. The molecule has 1 N–H and O–H groups in total. The van der Waals surface area contributed by atoms with Gasteiger partial charge >= 0.3 is 6.03 Å². The first-order chi connectivity index (χ1) is 12.3. The summed E-state index contributed by atoms with van der Waals surface area (Å²) in [6.07, 6.45) is 2.28. The molecule has 2 heterocycles. The average Bonchev–Trinajstić information content (AvgIpc) is 3.18. The molecule has 0 unspecified atom stereocenters. The van der Waals surface area contributed by atoms with Gasteiger partial charge in [0.1, 0.15) is 12.2 Å². The molecule has 2 amide bonds. The predicted molar refractivity (Wildman–Crippen MR) is 101 cm³/mol. The van der Waals surface area contributed by atoms with Gasteiger partial charge in [-0.2, -0.15) is 10.2 Å². The van der Waals surface area contributed by atoms with Crippen LogP contribution in [0.2, 0.25) is 0 Å². The Morgan fingerprint density at radius 2 is 2.00 bits per heavy atom. The Balaban J connectivity index is 2.10. The van der Waals surface area contributed by atoms with Gasteiger partial charge in [0.15, 0.2) is 0 Å². The minimum Gasteiger partial charge on any atom is -0.328 e. The molecule has 2 aromatic heterocycles. The maximum atomic E-state index is 12.7. The van der Waals surface area contributed by atoms with Crippen molar-refractivity contribution in [2.24, 2.45) is 0 Å². The van der Waals surface area contributed by atoms with E-state index in [1.165, 1.54) is 6.33 Å². The van der Waals surface area contributed by atoms with Crippen LogP contribution in [0.3, 0.4) is 0 Å². The van der Waals surface area contributed by atoms with Crippen LogP contribution in [0, 0.1) is 13.8 Å². The Hall–Kier alpha value is -2.38. The average molecular weight is 361 g/mol. The molecule has 0 aliphatic heterocycles. The highest BCUT2D eigenvalue weighted by molar-refractivity contribution is 5.74. The highest BCUT2D eigenvalue weighted by Crippen LogP contribution is 2.19. The summed E-state index contributed by atoms with van der Waals surface area (Å²) in [5.41, 5.74) is 3.17. The molecule has 0 saturated carbocycles. The van der Waals surface area contributed by atoms with E-state index in [1.54, 1.807) is 11.9 Å². The van der Waals surface area contributed by atoms with Crippen LogP contribution in [0.15, 0.2) is 6.33 Å². The minimum atomic E-state index is -0.159. The zero-order valence-corrected chi connectivity index (χ0v) is 16.9. The molecule has 2 aromatic rings. The summed E-state index contributed by atoms with van der Waals surface area (Å²) in [5, 5.41) is 11.9. The fraction of sp³-hybridized carbons (Fsp3) is 0.667. The smallest absolute Gasteiger partial charge is 0.318 e. The van der Waals surface area contributed by atoms with Gasteiger partial charge in [-0.05, 0) is 41.0 Å². The summed E-state index contributed by atoms with van der Waals surface area (Å²) < 4.78 is 3.82. The fourth-order valence-corrected chi connectivity index (χ4v) is 3.13. The van der Waals surface area contributed by atoms with Crippen molar-refractivity contribution >= 4 is 6.03 Å². The summed E-state index contributed by atoms with van der Waals surface area (Å²) in [6, 6.07) is 0.0121. The van der Waals surface area contributed by atoms with Crippen molar-refractivity contribution in [2.45, 2.75) is 73.1 Å². The number of hydrogen-bond donors (Lipinski definition) is 1. The summed E-state index contributed by atoms with van der Waals surface area (Å²) in [4.78, 5) is 18.7. The molecular formula is C18H31N7O. The maximum absolute atomic E-state index is 12.7. The minimum absolute atomic E-state index is 0.126. The largest absolute Gasteiger partial charge is 0.328 e. The van der Waals surface area contributed by atoms with Crippen molar-refractivity contribution < 1.29 is 4.79 Å². The number of amides is 2. The van der Waals surface area contributed by atoms with Crippen LogP contribution >= 0.6 is 0 Å². The van der Waals surface area contributed by atoms with Crippen LogP contribution in [-0.2, 0) is 13.1 Å². The molecule has 2 rings (SSSR count). The second-order valence-corrected chi connectivity index (χ2v) is 6.89. The van der Waals surface area contributed by atoms with Crippen LogP contribution in [0.25, 0.3) is 0 Å². The van der Waals surface area contributed by atoms with E-state index < -0.39 is 0 Å². The van der Waals surface area contributed by atoms with Crippen LogP contribution in [0.5, 0.6) is 0 Å². The summed E-state index contributed by atoms with van der Waals surface area (Å²) in [5.74, 6) is 0.789. The van der Waals surface area contributed by atoms with Crippen molar-refractivity contribution in [1.82, 2.24) is 34.8 Å². The lowest BCUT2D eigenvalue weighted by Gasteiger charge is -2.23.